The van der Waals surface area contributed by atoms with Gasteiger partial charge in [-0.05, 0) is 61.4 Å². The molecular formula is C32H46Cl2N4O4. The van der Waals surface area contributed by atoms with Crippen LogP contribution in [0, 0.1) is 18.3 Å². The molecule has 0 radical (unpaired) electrons. The maximum atomic E-state index is 12.0. The van der Waals surface area contributed by atoms with Crippen molar-refractivity contribution >= 4 is 46.6 Å². The second-order valence-corrected chi connectivity index (χ2v) is 12.7. The number of benzene rings is 2. The van der Waals surface area contributed by atoms with Crippen LogP contribution in [-0.2, 0) is 9.47 Å². The number of aryl methyl sites for hydroxylation is 1. The zero-order valence-electron chi connectivity index (χ0n) is 25.8. The van der Waals surface area contributed by atoms with Crippen molar-refractivity contribution in [2.24, 2.45) is 16.3 Å². The van der Waals surface area contributed by atoms with Crippen molar-refractivity contribution in [2.75, 3.05) is 57.6 Å². The van der Waals surface area contributed by atoms with E-state index in [9.17, 15) is 4.79 Å². The minimum absolute atomic E-state index is 0.106. The number of nitrogens with one attached hydrogen (secondary N) is 1. The lowest BCUT2D eigenvalue weighted by atomic mass is 9.82. The Labute approximate surface area is 261 Å². The molecule has 2 aromatic rings. The van der Waals surface area contributed by atoms with E-state index >= 15 is 0 Å². The molecule has 0 bridgehead atoms. The van der Waals surface area contributed by atoms with Crippen LogP contribution in [-0.4, -0.2) is 69.6 Å². The Bertz CT molecular complexity index is 1190. The van der Waals surface area contributed by atoms with Crippen molar-refractivity contribution in [1.29, 1.82) is 0 Å². The molecule has 0 saturated carbocycles. The number of hydrogen-bond donors (Lipinski definition) is 1. The first-order chi connectivity index (χ1) is 19.9. The van der Waals surface area contributed by atoms with E-state index in [1.165, 1.54) is 0 Å². The second-order valence-electron chi connectivity index (χ2n) is 11.9. The number of hydrogen-bond acceptors (Lipinski definition) is 7. The van der Waals surface area contributed by atoms with Gasteiger partial charge in [-0.15, -0.1) is 0 Å². The van der Waals surface area contributed by atoms with Crippen LogP contribution in [0.1, 0.15) is 53.0 Å². The van der Waals surface area contributed by atoms with Crippen molar-refractivity contribution in [3.8, 4) is 5.75 Å². The van der Waals surface area contributed by atoms with Crippen molar-refractivity contribution in [3.63, 3.8) is 0 Å². The van der Waals surface area contributed by atoms with Crippen molar-refractivity contribution < 1.29 is 19.0 Å². The molecular weight excluding hydrogens is 575 g/mol. The van der Waals surface area contributed by atoms with Gasteiger partial charge in [0.25, 0.3) is 0 Å². The first-order valence-electron chi connectivity index (χ1n) is 14.7. The first kappa shape index (κ1) is 33.8. The lowest BCUT2D eigenvalue weighted by Gasteiger charge is -2.36. The molecule has 1 saturated heterocycles. The molecule has 0 aliphatic carbocycles. The average Bonchev–Trinajstić information content (AvgIpc) is 2.94. The predicted octanol–water partition coefficient (Wildman–Crippen LogP) is 7.72. The molecule has 1 unspecified atom stereocenters. The highest BCUT2D eigenvalue weighted by Gasteiger charge is 2.21. The van der Waals surface area contributed by atoms with Gasteiger partial charge in [0, 0.05) is 45.7 Å². The normalized spacial score (nSPS) is 15.3. The molecule has 10 heteroatoms. The summed E-state index contributed by atoms with van der Waals surface area (Å²) in [6.45, 7) is 18.1. The van der Waals surface area contributed by atoms with E-state index in [1.807, 2.05) is 43.3 Å². The van der Waals surface area contributed by atoms with Gasteiger partial charge in [-0.1, -0.05) is 63.0 Å². The maximum Gasteiger partial charge on any atom is 0.410 e. The Morgan fingerprint density at radius 2 is 1.81 bits per heavy atom. The van der Waals surface area contributed by atoms with Gasteiger partial charge in [0.05, 0.1) is 28.0 Å². The van der Waals surface area contributed by atoms with Crippen molar-refractivity contribution in [1.82, 2.24) is 10.2 Å². The van der Waals surface area contributed by atoms with E-state index in [2.05, 4.69) is 47.8 Å². The second kappa shape index (κ2) is 16.2. The van der Waals surface area contributed by atoms with E-state index in [0.717, 1.165) is 68.3 Å². The number of anilines is 1. The van der Waals surface area contributed by atoms with Crippen LogP contribution < -0.4 is 15.0 Å². The molecule has 3 rings (SSSR count). The molecule has 8 nitrogen and oxygen atoms in total. The number of aliphatic imine (C=N–C) groups is 1. The lowest BCUT2D eigenvalue weighted by molar-refractivity contribution is 0.0506. The summed E-state index contributed by atoms with van der Waals surface area (Å²) in [4.78, 5) is 21.3. The topological polar surface area (TPSA) is 75.6 Å². The standard InChI is InChI=1S/C32H46Cl2N4O4/c1-23-12-13-26(20-28(23)36-25(3)41-22-42-31(39)35-21-24(2)32(4,5)6)40-19-8-7-14-37-15-17-38(18-16-37)29-11-9-10-27(33)30(29)34/h9-13,20,24H,7-8,14-19,21-22H2,1-6H3,(H,35,39). The number of alkyl carbamates (subject to hydrolysis) is 1. The molecule has 42 heavy (non-hydrogen) atoms. The maximum absolute atomic E-state index is 12.0. The van der Waals surface area contributed by atoms with Crippen LogP contribution in [0.2, 0.25) is 10.0 Å². The van der Waals surface area contributed by atoms with Gasteiger partial charge in [-0.25, -0.2) is 9.79 Å². The molecule has 0 aromatic heterocycles. The Morgan fingerprint density at radius 3 is 2.52 bits per heavy atom. The van der Waals surface area contributed by atoms with Crippen LogP contribution >= 0.6 is 23.2 Å². The summed E-state index contributed by atoms with van der Waals surface area (Å²) in [5.41, 5.74) is 2.87. The van der Waals surface area contributed by atoms with Gasteiger partial charge in [-0.2, -0.15) is 0 Å². The first-order valence-corrected chi connectivity index (χ1v) is 15.4. The number of halogens is 2. The van der Waals surface area contributed by atoms with Crippen molar-refractivity contribution in [2.45, 2.75) is 54.4 Å². The zero-order chi connectivity index (χ0) is 30.7. The molecule has 1 atom stereocenters. The SMILES string of the molecule is CC(=Nc1cc(OCCCCN2CCN(c3cccc(Cl)c3Cl)CC2)ccc1C)OCOC(=O)NCC(C)C(C)(C)C. The largest absolute Gasteiger partial charge is 0.494 e. The van der Waals surface area contributed by atoms with E-state index in [0.29, 0.717) is 35.0 Å². The molecule has 0 spiro atoms. The van der Waals surface area contributed by atoms with Gasteiger partial charge >= 0.3 is 6.09 Å². The Balaban J connectivity index is 1.34. The Hall–Kier alpha value is -2.68. The summed E-state index contributed by atoms with van der Waals surface area (Å²) < 4.78 is 16.6. The fourth-order valence-corrected chi connectivity index (χ4v) is 4.75. The quantitative estimate of drug-likeness (QED) is 0.113. The van der Waals surface area contributed by atoms with Crippen LogP contribution in [0.25, 0.3) is 0 Å². The monoisotopic (exact) mass is 620 g/mol. The number of carbonyl (C=O) groups excluding carboxylic acids is 1. The molecule has 1 heterocycles. The lowest BCUT2D eigenvalue weighted by Crippen LogP contribution is -2.46. The summed E-state index contributed by atoms with van der Waals surface area (Å²) in [5.74, 6) is 1.49. The van der Waals surface area contributed by atoms with E-state index in [-0.39, 0.29) is 12.2 Å². The van der Waals surface area contributed by atoms with Crippen LogP contribution in [0.5, 0.6) is 5.75 Å². The molecule has 1 aliphatic heterocycles. The third-order valence-electron chi connectivity index (χ3n) is 7.73. The van der Waals surface area contributed by atoms with Gasteiger partial charge < -0.3 is 24.4 Å². The average molecular weight is 622 g/mol. The number of carbonyl (C=O) groups is 1. The molecule has 2 aromatic carbocycles. The number of piperazine rings is 1. The summed E-state index contributed by atoms with van der Waals surface area (Å²) in [5, 5.41) is 4.01. The smallest absolute Gasteiger partial charge is 0.410 e. The molecule has 232 valence electrons. The number of unbranched alkanes of at least 4 members (excludes halogenated alkanes) is 1. The van der Waals surface area contributed by atoms with E-state index in [1.54, 1.807) is 6.92 Å². The summed E-state index contributed by atoms with van der Waals surface area (Å²) in [6.07, 6.45) is 1.52. The van der Waals surface area contributed by atoms with Gasteiger partial charge in [0.15, 0.2) is 5.90 Å². The highest BCUT2D eigenvalue weighted by Crippen LogP contribution is 2.33. The van der Waals surface area contributed by atoms with Crippen LogP contribution in [0.15, 0.2) is 41.4 Å². The summed E-state index contributed by atoms with van der Waals surface area (Å²) >= 11 is 12.6. The fraction of sp³-hybridized carbons (Fsp3) is 0.562. The highest BCUT2D eigenvalue weighted by atomic mass is 35.5. The molecule has 1 amide bonds. The van der Waals surface area contributed by atoms with E-state index in [4.69, 9.17) is 37.4 Å². The summed E-state index contributed by atoms with van der Waals surface area (Å²) in [6, 6.07) is 11.6. The third-order valence-corrected chi connectivity index (χ3v) is 8.54. The zero-order valence-corrected chi connectivity index (χ0v) is 27.4. The Kier molecular flexibility index (Phi) is 13.1. The van der Waals surface area contributed by atoms with Crippen LogP contribution in [0.4, 0.5) is 16.2 Å². The van der Waals surface area contributed by atoms with Crippen LogP contribution in [0.3, 0.4) is 0 Å². The van der Waals surface area contributed by atoms with Crippen molar-refractivity contribution in [3.05, 3.63) is 52.0 Å². The predicted molar refractivity (Wildman–Crippen MR) is 173 cm³/mol. The summed E-state index contributed by atoms with van der Waals surface area (Å²) in [7, 11) is 0. The number of nitrogens with zero attached hydrogens (tertiary/aromatic N) is 3. The molecule has 1 fully saturated rings. The number of rotatable bonds is 12. The van der Waals surface area contributed by atoms with Gasteiger partial charge in [0.1, 0.15) is 5.75 Å². The minimum Gasteiger partial charge on any atom is -0.494 e. The highest BCUT2D eigenvalue weighted by molar-refractivity contribution is 6.43. The molecule has 1 N–H and O–H groups in total. The van der Waals surface area contributed by atoms with Gasteiger partial charge in [0.2, 0.25) is 6.79 Å². The van der Waals surface area contributed by atoms with E-state index < -0.39 is 6.09 Å². The number of amides is 1. The Morgan fingerprint density at radius 1 is 1.07 bits per heavy atom. The third kappa shape index (κ3) is 10.9. The molecule has 1 aliphatic rings. The number of ether oxygens (including phenoxy) is 3. The minimum atomic E-state index is -0.504. The fourth-order valence-electron chi connectivity index (χ4n) is 4.34. The van der Waals surface area contributed by atoms with Gasteiger partial charge in [-0.3, -0.25) is 4.90 Å².